The molecule has 20 heavy (non-hydrogen) atoms. The summed E-state index contributed by atoms with van der Waals surface area (Å²) in [6, 6.07) is 14.4. The molecule has 104 valence electrons. The second-order valence-electron chi connectivity index (χ2n) is 4.59. The van der Waals surface area contributed by atoms with Crippen LogP contribution in [0.2, 0.25) is 5.02 Å². The Hall–Kier alpha value is -2.00. The number of halogens is 1. The lowest BCUT2D eigenvalue weighted by atomic mass is 10.1. The molecule has 0 radical (unpaired) electrons. The second kappa shape index (κ2) is 6.44. The van der Waals surface area contributed by atoms with E-state index in [0.717, 1.165) is 11.1 Å². The molecule has 0 bridgehead atoms. The van der Waals surface area contributed by atoms with E-state index >= 15 is 0 Å². The van der Waals surface area contributed by atoms with Crippen molar-refractivity contribution in [3.63, 3.8) is 0 Å². The lowest BCUT2D eigenvalue weighted by molar-refractivity contribution is -0.145. The highest BCUT2D eigenvalue weighted by molar-refractivity contribution is 6.30. The topological polar surface area (TPSA) is 46.5 Å². The molecule has 0 aromatic heterocycles. The summed E-state index contributed by atoms with van der Waals surface area (Å²) in [5.74, 6) is -0.491. The SMILES string of the molecule is Cc1ccc(CC(Oc2ccc(Cl)cc2)C(=O)O)cc1. The summed E-state index contributed by atoms with van der Waals surface area (Å²) >= 11 is 5.78. The largest absolute Gasteiger partial charge is 0.478 e. The molecule has 0 amide bonds. The molecule has 1 atom stereocenters. The predicted octanol–water partition coefficient (Wildman–Crippen LogP) is 3.72. The molecule has 0 spiro atoms. The molecule has 0 saturated carbocycles. The Balaban J connectivity index is 2.09. The summed E-state index contributed by atoms with van der Waals surface area (Å²) in [6.07, 6.45) is -0.600. The van der Waals surface area contributed by atoms with Crippen LogP contribution in [-0.4, -0.2) is 17.2 Å². The van der Waals surface area contributed by atoms with Crippen LogP contribution >= 0.6 is 11.6 Å². The Morgan fingerprint density at radius 1 is 1.15 bits per heavy atom. The van der Waals surface area contributed by atoms with Crippen molar-refractivity contribution < 1.29 is 14.6 Å². The van der Waals surface area contributed by atoms with Crippen LogP contribution in [0.4, 0.5) is 0 Å². The molecule has 3 nitrogen and oxygen atoms in total. The molecule has 0 aliphatic carbocycles. The average molecular weight is 291 g/mol. The average Bonchev–Trinajstić information content (AvgIpc) is 2.42. The third-order valence-electron chi connectivity index (χ3n) is 2.91. The maximum absolute atomic E-state index is 11.3. The fourth-order valence-corrected chi connectivity index (χ4v) is 1.92. The van der Waals surface area contributed by atoms with Crippen molar-refractivity contribution in [3.05, 3.63) is 64.7 Å². The van der Waals surface area contributed by atoms with Crippen LogP contribution in [0.3, 0.4) is 0 Å². The maximum Gasteiger partial charge on any atom is 0.345 e. The molecule has 0 aliphatic rings. The van der Waals surface area contributed by atoms with Crippen molar-refractivity contribution in [2.45, 2.75) is 19.4 Å². The highest BCUT2D eigenvalue weighted by Gasteiger charge is 2.20. The zero-order chi connectivity index (χ0) is 14.5. The van der Waals surface area contributed by atoms with Crippen molar-refractivity contribution in [2.24, 2.45) is 0 Å². The summed E-state index contributed by atoms with van der Waals surface area (Å²) in [6.45, 7) is 1.99. The van der Waals surface area contributed by atoms with Gasteiger partial charge >= 0.3 is 5.97 Å². The van der Waals surface area contributed by atoms with E-state index in [9.17, 15) is 9.90 Å². The number of benzene rings is 2. The van der Waals surface area contributed by atoms with Crippen LogP contribution in [0.1, 0.15) is 11.1 Å². The molecule has 0 heterocycles. The molecule has 2 rings (SSSR count). The van der Waals surface area contributed by atoms with Crippen molar-refractivity contribution >= 4 is 17.6 Å². The number of rotatable bonds is 5. The summed E-state index contributed by atoms with van der Waals surface area (Å²) in [5, 5.41) is 9.84. The molecule has 1 unspecified atom stereocenters. The van der Waals surface area contributed by atoms with E-state index in [2.05, 4.69) is 0 Å². The van der Waals surface area contributed by atoms with Gasteiger partial charge in [0, 0.05) is 11.4 Å². The molecule has 2 aromatic rings. The Labute approximate surface area is 122 Å². The molecule has 0 saturated heterocycles. The first kappa shape index (κ1) is 14.4. The van der Waals surface area contributed by atoms with E-state index in [1.54, 1.807) is 24.3 Å². The van der Waals surface area contributed by atoms with Gasteiger partial charge in [-0.25, -0.2) is 4.79 Å². The second-order valence-corrected chi connectivity index (χ2v) is 5.02. The van der Waals surface area contributed by atoms with Gasteiger partial charge in [0.15, 0.2) is 6.10 Å². The smallest absolute Gasteiger partial charge is 0.345 e. The van der Waals surface area contributed by atoms with Crippen LogP contribution in [-0.2, 0) is 11.2 Å². The third-order valence-corrected chi connectivity index (χ3v) is 3.16. The fourth-order valence-electron chi connectivity index (χ4n) is 1.80. The van der Waals surface area contributed by atoms with Crippen LogP contribution in [0.5, 0.6) is 5.75 Å². The van der Waals surface area contributed by atoms with E-state index in [0.29, 0.717) is 17.2 Å². The normalized spacial score (nSPS) is 11.9. The third kappa shape index (κ3) is 4.00. The van der Waals surface area contributed by atoms with Gasteiger partial charge < -0.3 is 9.84 Å². The standard InChI is InChI=1S/C16H15ClO3/c1-11-2-4-12(5-3-11)10-15(16(18)19)20-14-8-6-13(17)7-9-14/h2-9,15H,10H2,1H3,(H,18,19). The van der Waals surface area contributed by atoms with Crippen LogP contribution in [0.15, 0.2) is 48.5 Å². The number of hydrogen-bond acceptors (Lipinski definition) is 2. The van der Waals surface area contributed by atoms with Gasteiger partial charge in [-0.15, -0.1) is 0 Å². The summed E-state index contributed by atoms with van der Waals surface area (Å²) < 4.78 is 5.51. The molecular weight excluding hydrogens is 276 g/mol. The van der Waals surface area contributed by atoms with Crippen molar-refractivity contribution in [1.29, 1.82) is 0 Å². The Kier molecular flexibility index (Phi) is 4.64. The number of aryl methyl sites for hydroxylation is 1. The maximum atomic E-state index is 11.3. The van der Waals surface area contributed by atoms with Gasteiger partial charge in [0.05, 0.1) is 0 Å². The minimum Gasteiger partial charge on any atom is -0.478 e. The first-order valence-electron chi connectivity index (χ1n) is 6.25. The minimum atomic E-state index is -0.986. The van der Waals surface area contributed by atoms with Gasteiger partial charge in [-0.1, -0.05) is 41.4 Å². The number of carboxylic acids is 1. The van der Waals surface area contributed by atoms with Crippen LogP contribution < -0.4 is 4.74 Å². The molecule has 2 aromatic carbocycles. The van der Waals surface area contributed by atoms with Crippen molar-refractivity contribution in [3.8, 4) is 5.75 Å². The molecule has 0 fully saturated rings. The lowest BCUT2D eigenvalue weighted by Crippen LogP contribution is -2.29. The van der Waals surface area contributed by atoms with Gasteiger partial charge in [-0.05, 0) is 36.8 Å². The summed E-state index contributed by atoms with van der Waals surface area (Å²) in [4.78, 5) is 11.3. The highest BCUT2D eigenvalue weighted by atomic mass is 35.5. The Morgan fingerprint density at radius 2 is 1.75 bits per heavy atom. The van der Waals surface area contributed by atoms with E-state index in [1.165, 1.54) is 0 Å². The van der Waals surface area contributed by atoms with Gasteiger partial charge in [0.1, 0.15) is 5.75 Å². The molecular formula is C16H15ClO3. The van der Waals surface area contributed by atoms with E-state index in [-0.39, 0.29) is 0 Å². The fraction of sp³-hybridized carbons (Fsp3) is 0.188. The van der Waals surface area contributed by atoms with Gasteiger partial charge in [-0.2, -0.15) is 0 Å². The zero-order valence-corrected chi connectivity index (χ0v) is 11.8. The Morgan fingerprint density at radius 3 is 2.30 bits per heavy atom. The van der Waals surface area contributed by atoms with Crippen molar-refractivity contribution in [1.82, 2.24) is 0 Å². The number of hydrogen-bond donors (Lipinski definition) is 1. The van der Waals surface area contributed by atoms with E-state index in [4.69, 9.17) is 16.3 Å². The van der Waals surface area contributed by atoms with E-state index in [1.807, 2.05) is 31.2 Å². The Bertz CT molecular complexity index is 528. The number of carboxylic acid groups (broad SMARTS) is 1. The van der Waals surface area contributed by atoms with Crippen LogP contribution in [0, 0.1) is 6.92 Å². The first-order valence-corrected chi connectivity index (χ1v) is 6.63. The minimum absolute atomic E-state index is 0.318. The zero-order valence-electron chi connectivity index (χ0n) is 11.0. The van der Waals surface area contributed by atoms with E-state index < -0.39 is 12.1 Å². The summed E-state index contributed by atoms with van der Waals surface area (Å²) in [5.41, 5.74) is 2.07. The quantitative estimate of drug-likeness (QED) is 0.913. The molecule has 1 N–H and O–H groups in total. The highest BCUT2D eigenvalue weighted by Crippen LogP contribution is 2.18. The molecule has 0 aliphatic heterocycles. The van der Waals surface area contributed by atoms with Gasteiger partial charge in [0.2, 0.25) is 0 Å². The lowest BCUT2D eigenvalue weighted by Gasteiger charge is -2.15. The number of aliphatic carboxylic acids is 1. The number of ether oxygens (including phenoxy) is 1. The predicted molar refractivity (Wildman–Crippen MR) is 78.4 cm³/mol. The first-order chi connectivity index (χ1) is 9.54. The van der Waals surface area contributed by atoms with Gasteiger partial charge in [0.25, 0.3) is 0 Å². The van der Waals surface area contributed by atoms with Gasteiger partial charge in [-0.3, -0.25) is 0 Å². The number of carbonyl (C=O) groups is 1. The monoisotopic (exact) mass is 290 g/mol. The molecule has 4 heteroatoms. The van der Waals surface area contributed by atoms with Crippen LogP contribution in [0.25, 0.3) is 0 Å². The summed E-state index contributed by atoms with van der Waals surface area (Å²) in [7, 11) is 0. The van der Waals surface area contributed by atoms with Crippen molar-refractivity contribution in [2.75, 3.05) is 0 Å².